The average molecular weight is 220 g/mol. The smallest absolute Gasteiger partial charge is 0.0750 e. The highest BCUT2D eigenvalue weighted by Gasteiger charge is 2.47. The van der Waals surface area contributed by atoms with Crippen LogP contribution in [-0.2, 0) is 0 Å². The number of allylic oxidation sites excluding steroid dienone is 2. The van der Waals surface area contributed by atoms with Gasteiger partial charge < -0.3 is 5.11 Å². The molecule has 2 rings (SSSR count). The summed E-state index contributed by atoms with van der Waals surface area (Å²) >= 11 is 0. The van der Waals surface area contributed by atoms with Gasteiger partial charge >= 0.3 is 0 Å². The van der Waals surface area contributed by atoms with E-state index in [0.717, 1.165) is 30.8 Å². The molecular weight excluding hydrogens is 196 g/mol. The van der Waals surface area contributed by atoms with Gasteiger partial charge in [-0.1, -0.05) is 32.1 Å². The Balaban J connectivity index is 2.18. The van der Waals surface area contributed by atoms with E-state index >= 15 is 0 Å². The Hall–Kier alpha value is -0.560. The summed E-state index contributed by atoms with van der Waals surface area (Å²) in [5.74, 6) is 1.43. The van der Waals surface area contributed by atoms with Crippen molar-refractivity contribution in [2.24, 2.45) is 17.3 Å². The Labute approximate surface area is 99.3 Å². The Morgan fingerprint density at radius 1 is 1.44 bits per heavy atom. The molecule has 0 aromatic heterocycles. The highest BCUT2D eigenvalue weighted by molar-refractivity contribution is 5.18. The summed E-state index contributed by atoms with van der Waals surface area (Å²) in [7, 11) is 0. The summed E-state index contributed by atoms with van der Waals surface area (Å²) in [6, 6.07) is 0. The Morgan fingerprint density at radius 3 is 2.75 bits per heavy atom. The van der Waals surface area contributed by atoms with Gasteiger partial charge in [-0.2, -0.15) is 0 Å². The first-order chi connectivity index (χ1) is 7.42. The zero-order valence-corrected chi connectivity index (χ0v) is 10.8. The van der Waals surface area contributed by atoms with Gasteiger partial charge in [-0.05, 0) is 55.4 Å². The largest absolute Gasteiger partial charge is 0.389 e. The van der Waals surface area contributed by atoms with Crippen LogP contribution in [0, 0.1) is 17.3 Å². The molecule has 0 saturated heterocycles. The molecule has 0 aromatic rings. The van der Waals surface area contributed by atoms with Crippen molar-refractivity contribution in [3.63, 3.8) is 0 Å². The Bertz CT molecular complexity index is 324. The van der Waals surface area contributed by atoms with Crippen molar-refractivity contribution >= 4 is 0 Å². The summed E-state index contributed by atoms with van der Waals surface area (Å²) in [6.45, 7) is 11.0. The number of fused-ring (bicyclic) bond motifs is 1. The first kappa shape index (κ1) is 11.9. The number of aliphatic hydroxyl groups excluding tert-OH is 1. The topological polar surface area (TPSA) is 20.2 Å². The van der Waals surface area contributed by atoms with E-state index in [1.807, 2.05) is 0 Å². The molecule has 3 atom stereocenters. The lowest BCUT2D eigenvalue weighted by Crippen LogP contribution is -2.44. The van der Waals surface area contributed by atoms with Crippen LogP contribution in [0.5, 0.6) is 0 Å². The van der Waals surface area contributed by atoms with Crippen molar-refractivity contribution in [3.8, 4) is 0 Å². The summed E-state index contributed by atoms with van der Waals surface area (Å²) in [6.07, 6.45) is 6.23. The lowest BCUT2D eigenvalue weighted by Gasteiger charge is -2.52. The Morgan fingerprint density at radius 2 is 2.12 bits per heavy atom. The van der Waals surface area contributed by atoms with Crippen LogP contribution in [0.15, 0.2) is 23.8 Å². The van der Waals surface area contributed by atoms with Crippen LogP contribution in [0.25, 0.3) is 0 Å². The van der Waals surface area contributed by atoms with Crippen molar-refractivity contribution in [2.45, 2.75) is 52.6 Å². The molecule has 0 aromatic carbocycles. The van der Waals surface area contributed by atoms with Gasteiger partial charge in [0, 0.05) is 0 Å². The molecule has 2 aliphatic carbocycles. The maximum atomic E-state index is 9.94. The van der Waals surface area contributed by atoms with Crippen LogP contribution < -0.4 is 0 Å². The molecule has 1 heteroatoms. The van der Waals surface area contributed by atoms with Crippen LogP contribution >= 0.6 is 0 Å². The van der Waals surface area contributed by atoms with E-state index < -0.39 is 0 Å². The Kier molecular flexibility index (Phi) is 3.00. The maximum absolute atomic E-state index is 9.94. The van der Waals surface area contributed by atoms with E-state index in [1.165, 1.54) is 12.0 Å². The lowest BCUT2D eigenvalue weighted by atomic mass is 9.52. The van der Waals surface area contributed by atoms with Gasteiger partial charge in [0.2, 0.25) is 0 Å². The summed E-state index contributed by atoms with van der Waals surface area (Å²) in [5.41, 5.74) is 2.97. The van der Waals surface area contributed by atoms with Crippen LogP contribution in [0.4, 0.5) is 0 Å². The molecule has 0 aliphatic heterocycles. The second kappa shape index (κ2) is 4.03. The minimum absolute atomic E-state index is 0.252. The van der Waals surface area contributed by atoms with E-state index in [-0.39, 0.29) is 6.10 Å². The van der Waals surface area contributed by atoms with Gasteiger partial charge in [0.25, 0.3) is 0 Å². The summed E-state index contributed by atoms with van der Waals surface area (Å²) in [4.78, 5) is 0. The quantitative estimate of drug-likeness (QED) is 0.617. The third-order valence-electron chi connectivity index (χ3n) is 4.72. The molecule has 1 saturated carbocycles. The van der Waals surface area contributed by atoms with Gasteiger partial charge in [-0.3, -0.25) is 0 Å². The molecule has 0 spiro atoms. The zero-order valence-electron chi connectivity index (χ0n) is 10.8. The fourth-order valence-corrected chi connectivity index (χ4v) is 3.34. The van der Waals surface area contributed by atoms with Crippen molar-refractivity contribution in [3.05, 3.63) is 23.8 Å². The molecule has 1 nitrogen and oxygen atoms in total. The third kappa shape index (κ3) is 1.98. The number of aliphatic hydroxyl groups is 1. The van der Waals surface area contributed by atoms with Crippen LogP contribution in [0.2, 0.25) is 0 Å². The van der Waals surface area contributed by atoms with E-state index in [0.29, 0.717) is 11.3 Å². The predicted octanol–water partition coefficient (Wildman–Crippen LogP) is 3.70. The average Bonchev–Trinajstić information content (AvgIpc) is 2.24. The lowest BCUT2D eigenvalue weighted by molar-refractivity contribution is 0.0119. The molecule has 0 amide bonds. The minimum atomic E-state index is -0.252. The van der Waals surface area contributed by atoms with E-state index in [1.54, 1.807) is 0 Å². The molecule has 0 radical (unpaired) electrons. The molecule has 1 fully saturated rings. The van der Waals surface area contributed by atoms with Gasteiger partial charge in [-0.25, -0.2) is 0 Å². The minimum Gasteiger partial charge on any atom is -0.389 e. The first-order valence-corrected chi connectivity index (χ1v) is 6.44. The van der Waals surface area contributed by atoms with Crippen molar-refractivity contribution in [2.75, 3.05) is 0 Å². The molecule has 1 N–H and O–H groups in total. The molecule has 0 heterocycles. The SMILES string of the molecule is C=C1CC[C@H](O)/C(C)=C\C[C@@H]2[C@@H]1CC2(C)C. The molecule has 2 aliphatic rings. The number of hydrogen-bond acceptors (Lipinski definition) is 1. The molecule has 90 valence electrons. The second-order valence-electron chi connectivity index (χ2n) is 6.30. The van der Waals surface area contributed by atoms with Crippen molar-refractivity contribution in [1.82, 2.24) is 0 Å². The highest BCUT2D eigenvalue weighted by Crippen LogP contribution is 2.56. The summed E-state index contributed by atoms with van der Waals surface area (Å²) in [5, 5.41) is 9.94. The molecule has 16 heavy (non-hydrogen) atoms. The van der Waals surface area contributed by atoms with Crippen LogP contribution in [0.3, 0.4) is 0 Å². The van der Waals surface area contributed by atoms with Gasteiger partial charge in [0.15, 0.2) is 0 Å². The number of rotatable bonds is 0. The van der Waals surface area contributed by atoms with E-state index in [2.05, 4.69) is 33.4 Å². The van der Waals surface area contributed by atoms with Crippen LogP contribution in [-0.4, -0.2) is 11.2 Å². The van der Waals surface area contributed by atoms with Gasteiger partial charge in [-0.15, -0.1) is 0 Å². The zero-order chi connectivity index (χ0) is 11.9. The fourth-order valence-electron chi connectivity index (χ4n) is 3.34. The number of hydrogen-bond donors (Lipinski definition) is 1. The highest BCUT2D eigenvalue weighted by atomic mass is 16.3. The monoisotopic (exact) mass is 220 g/mol. The standard InChI is InChI=1S/C15H24O/c1-10-6-8-14(16)11(2)5-7-13-12(10)9-15(13,3)4/h5,12-14,16H,1,6-9H2,2-4H3/b11-5-/t12-,13-,14+/m1/s1. The summed E-state index contributed by atoms with van der Waals surface area (Å²) < 4.78 is 0. The van der Waals surface area contributed by atoms with Gasteiger partial charge in [0.05, 0.1) is 6.10 Å². The van der Waals surface area contributed by atoms with Crippen molar-refractivity contribution < 1.29 is 5.11 Å². The molecule has 0 bridgehead atoms. The van der Waals surface area contributed by atoms with Crippen molar-refractivity contribution in [1.29, 1.82) is 0 Å². The maximum Gasteiger partial charge on any atom is 0.0750 e. The second-order valence-corrected chi connectivity index (χ2v) is 6.30. The molecular formula is C15H24O. The van der Waals surface area contributed by atoms with Crippen LogP contribution in [0.1, 0.15) is 46.5 Å². The van der Waals surface area contributed by atoms with Gasteiger partial charge in [0.1, 0.15) is 0 Å². The first-order valence-electron chi connectivity index (χ1n) is 6.44. The van der Waals surface area contributed by atoms with E-state index in [9.17, 15) is 5.11 Å². The van der Waals surface area contributed by atoms with E-state index in [4.69, 9.17) is 0 Å². The normalized spacial score (nSPS) is 41.9. The third-order valence-corrected chi connectivity index (χ3v) is 4.72. The fraction of sp³-hybridized carbons (Fsp3) is 0.733. The molecule has 0 unspecified atom stereocenters. The predicted molar refractivity (Wildman–Crippen MR) is 68.1 cm³/mol.